The molecule has 0 unspecified atom stereocenters. The highest BCUT2D eigenvalue weighted by Crippen LogP contribution is 2.26. The predicted octanol–water partition coefficient (Wildman–Crippen LogP) is 1.43. The van der Waals surface area contributed by atoms with E-state index in [0.29, 0.717) is 16.9 Å². The van der Waals surface area contributed by atoms with Gasteiger partial charge in [-0.2, -0.15) is 4.98 Å². The third kappa shape index (κ3) is 4.49. The standard InChI is InChI=1S/C14H17N5O3S/c1-9-4-5-15-14(17-9)23-8-12(20)16-7-11-18-13(22-19-11)10-3-2-6-21-10/h4-5,10H,2-3,6-8H2,1H3,(H,16,20)/t10-/m1/s1. The number of aromatic nitrogens is 4. The summed E-state index contributed by atoms with van der Waals surface area (Å²) in [5, 5.41) is 7.18. The lowest BCUT2D eigenvalue weighted by Gasteiger charge is -2.02. The van der Waals surface area contributed by atoms with E-state index in [2.05, 4.69) is 25.4 Å². The molecule has 1 N–H and O–H groups in total. The number of hydrogen-bond acceptors (Lipinski definition) is 8. The Balaban J connectivity index is 1.43. The van der Waals surface area contributed by atoms with Crippen LogP contribution in [0.1, 0.15) is 36.4 Å². The van der Waals surface area contributed by atoms with Gasteiger partial charge in [-0.3, -0.25) is 4.79 Å². The molecule has 1 amide bonds. The normalized spacial score (nSPS) is 17.3. The molecular formula is C14H17N5O3S. The lowest BCUT2D eigenvalue weighted by molar-refractivity contribution is -0.118. The molecular weight excluding hydrogens is 318 g/mol. The van der Waals surface area contributed by atoms with Crippen LogP contribution in [-0.4, -0.2) is 38.4 Å². The molecule has 0 aromatic carbocycles. The van der Waals surface area contributed by atoms with Gasteiger partial charge in [-0.25, -0.2) is 9.97 Å². The molecule has 2 aromatic heterocycles. The van der Waals surface area contributed by atoms with Gasteiger partial charge in [-0.15, -0.1) is 0 Å². The maximum Gasteiger partial charge on any atom is 0.255 e. The highest BCUT2D eigenvalue weighted by atomic mass is 32.2. The lowest BCUT2D eigenvalue weighted by Crippen LogP contribution is -2.25. The quantitative estimate of drug-likeness (QED) is 0.624. The number of ether oxygens (including phenoxy) is 1. The average molecular weight is 335 g/mol. The predicted molar refractivity (Wildman–Crippen MR) is 81.6 cm³/mol. The van der Waals surface area contributed by atoms with Crippen LogP contribution < -0.4 is 5.32 Å². The first-order valence-electron chi connectivity index (χ1n) is 7.34. The summed E-state index contributed by atoms with van der Waals surface area (Å²) in [7, 11) is 0. The minimum absolute atomic E-state index is 0.110. The van der Waals surface area contributed by atoms with Crippen LogP contribution in [0.4, 0.5) is 0 Å². The fourth-order valence-electron chi connectivity index (χ4n) is 2.10. The highest BCUT2D eigenvalue weighted by Gasteiger charge is 2.23. The largest absolute Gasteiger partial charge is 0.368 e. The van der Waals surface area contributed by atoms with Gasteiger partial charge in [0.2, 0.25) is 5.91 Å². The van der Waals surface area contributed by atoms with Crippen molar-refractivity contribution >= 4 is 17.7 Å². The van der Waals surface area contributed by atoms with Crippen molar-refractivity contribution in [2.75, 3.05) is 12.4 Å². The van der Waals surface area contributed by atoms with Crippen molar-refractivity contribution in [3.8, 4) is 0 Å². The molecule has 1 aliphatic heterocycles. The van der Waals surface area contributed by atoms with Crippen LogP contribution in [0.5, 0.6) is 0 Å². The molecule has 8 nitrogen and oxygen atoms in total. The molecule has 122 valence electrons. The summed E-state index contributed by atoms with van der Waals surface area (Å²) in [4.78, 5) is 24.4. The van der Waals surface area contributed by atoms with Gasteiger partial charge in [0, 0.05) is 18.5 Å². The van der Waals surface area contributed by atoms with Crippen molar-refractivity contribution < 1.29 is 14.1 Å². The Morgan fingerprint density at radius 1 is 1.48 bits per heavy atom. The topological polar surface area (TPSA) is 103 Å². The summed E-state index contributed by atoms with van der Waals surface area (Å²) < 4.78 is 10.6. The van der Waals surface area contributed by atoms with Crippen LogP contribution in [0.25, 0.3) is 0 Å². The molecule has 23 heavy (non-hydrogen) atoms. The molecule has 1 aliphatic rings. The van der Waals surface area contributed by atoms with E-state index in [-0.39, 0.29) is 24.3 Å². The summed E-state index contributed by atoms with van der Waals surface area (Å²) in [6, 6.07) is 1.81. The fraction of sp³-hybridized carbons (Fsp3) is 0.500. The monoisotopic (exact) mass is 335 g/mol. The van der Waals surface area contributed by atoms with E-state index in [9.17, 15) is 4.79 Å². The molecule has 9 heteroatoms. The number of hydrogen-bond donors (Lipinski definition) is 1. The number of carbonyl (C=O) groups excluding carboxylic acids is 1. The Morgan fingerprint density at radius 3 is 3.17 bits per heavy atom. The fourth-order valence-corrected chi connectivity index (χ4v) is 2.80. The first-order chi connectivity index (χ1) is 11.2. The van der Waals surface area contributed by atoms with E-state index in [1.165, 1.54) is 11.8 Å². The Morgan fingerprint density at radius 2 is 2.39 bits per heavy atom. The van der Waals surface area contributed by atoms with E-state index >= 15 is 0 Å². The van der Waals surface area contributed by atoms with E-state index in [0.717, 1.165) is 25.1 Å². The maximum absolute atomic E-state index is 11.8. The lowest BCUT2D eigenvalue weighted by atomic mass is 10.2. The van der Waals surface area contributed by atoms with Gasteiger partial charge in [-0.1, -0.05) is 16.9 Å². The zero-order valence-electron chi connectivity index (χ0n) is 12.7. The van der Waals surface area contributed by atoms with E-state index in [1.54, 1.807) is 6.20 Å². The summed E-state index contributed by atoms with van der Waals surface area (Å²) in [5.41, 5.74) is 0.872. The van der Waals surface area contributed by atoms with Crippen molar-refractivity contribution in [3.63, 3.8) is 0 Å². The second-order valence-corrected chi connectivity index (χ2v) is 6.04. The second kappa shape index (κ2) is 7.51. The van der Waals surface area contributed by atoms with Gasteiger partial charge >= 0.3 is 0 Å². The molecule has 3 rings (SSSR count). The molecule has 2 aromatic rings. The second-order valence-electron chi connectivity index (χ2n) is 5.10. The van der Waals surface area contributed by atoms with Crippen molar-refractivity contribution in [3.05, 3.63) is 29.7 Å². The van der Waals surface area contributed by atoms with Crippen LogP contribution in [0, 0.1) is 6.92 Å². The number of nitrogens with zero attached hydrogens (tertiary/aromatic N) is 4. The average Bonchev–Trinajstić information content (AvgIpc) is 3.22. The molecule has 1 saturated heterocycles. The van der Waals surface area contributed by atoms with Gasteiger partial charge in [0.05, 0.1) is 12.3 Å². The molecule has 0 aliphatic carbocycles. The van der Waals surface area contributed by atoms with Crippen LogP contribution in [0.2, 0.25) is 0 Å². The molecule has 0 bridgehead atoms. The number of nitrogens with one attached hydrogen (secondary N) is 1. The first kappa shape index (κ1) is 15.9. The van der Waals surface area contributed by atoms with Gasteiger partial charge in [0.1, 0.15) is 6.10 Å². The Hall–Kier alpha value is -2.00. The van der Waals surface area contributed by atoms with Crippen molar-refractivity contribution in [1.82, 2.24) is 25.4 Å². The first-order valence-corrected chi connectivity index (χ1v) is 8.32. The summed E-state index contributed by atoms with van der Waals surface area (Å²) in [5.74, 6) is 1.03. The number of rotatable bonds is 6. The summed E-state index contributed by atoms with van der Waals surface area (Å²) >= 11 is 1.28. The number of thioether (sulfide) groups is 1. The summed E-state index contributed by atoms with van der Waals surface area (Å²) in [6.07, 6.45) is 3.45. The van der Waals surface area contributed by atoms with E-state index in [4.69, 9.17) is 9.26 Å². The van der Waals surface area contributed by atoms with E-state index < -0.39 is 0 Å². The van der Waals surface area contributed by atoms with Crippen LogP contribution in [0.3, 0.4) is 0 Å². The van der Waals surface area contributed by atoms with Crippen molar-refractivity contribution in [1.29, 1.82) is 0 Å². The Bertz CT molecular complexity index is 672. The van der Waals surface area contributed by atoms with Crippen molar-refractivity contribution in [2.24, 2.45) is 0 Å². The van der Waals surface area contributed by atoms with Crippen LogP contribution in [0.15, 0.2) is 21.9 Å². The third-order valence-corrected chi connectivity index (χ3v) is 4.10. The summed E-state index contributed by atoms with van der Waals surface area (Å²) in [6.45, 7) is 2.83. The molecule has 1 atom stereocenters. The number of aryl methyl sites for hydroxylation is 1. The molecule has 3 heterocycles. The van der Waals surface area contributed by atoms with Gasteiger partial charge in [0.15, 0.2) is 11.0 Å². The smallest absolute Gasteiger partial charge is 0.255 e. The van der Waals surface area contributed by atoms with Crippen LogP contribution >= 0.6 is 11.8 Å². The number of carbonyl (C=O) groups is 1. The van der Waals surface area contributed by atoms with Gasteiger partial charge < -0.3 is 14.6 Å². The molecule has 0 spiro atoms. The minimum Gasteiger partial charge on any atom is -0.368 e. The van der Waals surface area contributed by atoms with Crippen LogP contribution in [-0.2, 0) is 16.1 Å². The molecule has 0 radical (unpaired) electrons. The molecule has 0 saturated carbocycles. The van der Waals surface area contributed by atoms with Gasteiger partial charge in [0.25, 0.3) is 5.89 Å². The maximum atomic E-state index is 11.8. The number of amides is 1. The zero-order chi connectivity index (χ0) is 16.1. The highest BCUT2D eigenvalue weighted by molar-refractivity contribution is 7.99. The zero-order valence-corrected chi connectivity index (χ0v) is 13.5. The Labute approximate surface area is 137 Å². The third-order valence-electron chi connectivity index (χ3n) is 3.24. The SMILES string of the molecule is Cc1ccnc(SCC(=O)NCc2noc([C@H]3CCCO3)n2)n1. The molecule has 1 fully saturated rings. The Kier molecular flexibility index (Phi) is 5.19. The minimum atomic E-state index is -0.136. The van der Waals surface area contributed by atoms with Gasteiger partial charge in [-0.05, 0) is 25.8 Å². The van der Waals surface area contributed by atoms with E-state index in [1.807, 2.05) is 13.0 Å². The van der Waals surface area contributed by atoms with Crippen molar-refractivity contribution in [2.45, 2.75) is 37.6 Å².